The third-order valence-electron chi connectivity index (χ3n) is 8.18. The van der Waals surface area contributed by atoms with Gasteiger partial charge < -0.3 is 10.2 Å². The highest BCUT2D eigenvalue weighted by atomic mass is 15.3. The second-order valence-corrected chi connectivity index (χ2v) is 10.4. The van der Waals surface area contributed by atoms with Crippen LogP contribution in [0.3, 0.4) is 0 Å². The molecule has 1 aromatic heterocycles. The minimum atomic E-state index is 0.492. The highest BCUT2D eigenvalue weighted by Gasteiger charge is 2.34. The van der Waals surface area contributed by atoms with E-state index in [2.05, 4.69) is 68.3 Å². The van der Waals surface area contributed by atoms with Gasteiger partial charge in [-0.3, -0.25) is 14.8 Å². The number of rotatable bonds is 3. The molecule has 4 heterocycles. The molecule has 0 radical (unpaired) electrons. The topological polar surface area (TPSA) is 58.4 Å². The number of pyridine rings is 1. The maximum absolute atomic E-state index is 9.54. The van der Waals surface area contributed by atoms with Crippen molar-refractivity contribution in [2.24, 2.45) is 0 Å². The summed E-state index contributed by atoms with van der Waals surface area (Å²) in [7, 11) is 0. The van der Waals surface area contributed by atoms with Crippen molar-refractivity contribution in [3.05, 3.63) is 70.9 Å². The summed E-state index contributed by atoms with van der Waals surface area (Å²) in [5, 5.41) is 14.1. The quantitative estimate of drug-likeness (QED) is 0.637. The lowest BCUT2D eigenvalue weighted by atomic mass is 9.98. The Morgan fingerprint density at radius 2 is 2.03 bits per heavy atom. The van der Waals surface area contributed by atoms with E-state index in [1.165, 1.54) is 28.8 Å². The maximum atomic E-state index is 9.54. The molecular weight excluding hydrogens is 432 g/mol. The van der Waals surface area contributed by atoms with Crippen LogP contribution in [0.2, 0.25) is 0 Å². The second-order valence-electron chi connectivity index (χ2n) is 10.4. The van der Waals surface area contributed by atoms with Crippen molar-refractivity contribution in [2.75, 3.05) is 44.2 Å². The molecule has 2 fully saturated rings. The molecule has 0 amide bonds. The predicted octanol–water partition coefficient (Wildman–Crippen LogP) is 3.54. The zero-order chi connectivity index (χ0) is 23.8. The largest absolute Gasteiger partial charge is 0.368 e. The van der Waals surface area contributed by atoms with Crippen molar-refractivity contribution in [1.29, 1.82) is 5.26 Å². The van der Waals surface area contributed by atoms with Crippen LogP contribution in [-0.4, -0.2) is 66.1 Å². The van der Waals surface area contributed by atoms with Gasteiger partial charge >= 0.3 is 0 Å². The number of hydrogen-bond donors (Lipinski definition) is 1. The van der Waals surface area contributed by atoms with Crippen molar-refractivity contribution in [1.82, 2.24) is 20.1 Å². The smallest absolute Gasteiger partial charge is 0.101 e. The Hall–Kier alpha value is -2.98. The molecule has 3 aliphatic rings. The van der Waals surface area contributed by atoms with E-state index in [1.54, 1.807) is 6.20 Å². The number of anilines is 1. The van der Waals surface area contributed by atoms with Crippen LogP contribution in [0.15, 0.2) is 48.7 Å². The fourth-order valence-corrected chi connectivity index (χ4v) is 6.35. The van der Waals surface area contributed by atoms with Crippen molar-refractivity contribution < 1.29 is 0 Å². The van der Waals surface area contributed by atoms with Crippen molar-refractivity contribution in [2.45, 2.75) is 44.9 Å². The van der Waals surface area contributed by atoms with Gasteiger partial charge in [-0.25, -0.2) is 0 Å². The summed E-state index contributed by atoms with van der Waals surface area (Å²) < 4.78 is 0. The molecule has 2 aromatic carbocycles. The number of nitriles is 1. The van der Waals surface area contributed by atoms with E-state index in [9.17, 15) is 5.26 Å². The zero-order valence-electron chi connectivity index (χ0n) is 20.6. The Morgan fingerprint density at radius 1 is 1.09 bits per heavy atom. The van der Waals surface area contributed by atoms with Gasteiger partial charge in [0.15, 0.2) is 0 Å². The molecule has 2 unspecified atom stereocenters. The predicted molar refractivity (Wildman–Crippen MR) is 140 cm³/mol. The molecule has 6 rings (SSSR count). The number of fused-ring (bicyclic) bond motifs is 3. The third kappa shape index (κ3) is 4.40. The molecule has 0 spiro atoms. The van der Waals surface area contributed by atoms with Gasteiger partial charge in [0, 0.05) is 75.2 Å². The van der Waals surface area contributed by atoms with Crippen LogP contribution in [0.5, 0.6) is 0 Å². The van der Waals surface area contributed by atoms with Crippen LogP contribution in [0.25, 0.3) is 10.9 Å². The average Bonchev–Trinajstić information content (AvgIpc) is 3.10. The standard InChI is InChI=1S/C29H34N6/c1-21-18-34(28-7-6-24(16-30)29-27(28)3-2-10-32-29)20-26-9-12-33(13-14-35(21)26)19-22-4-5-23-8-11-31-17-25(23)15-22/h2-7,10,15,21,26,31H,8-9,11-14,17-20H2,1H3. The van der Waals surface area contributed by atoms with Gasteiger partial charge in [0.05, 0.1) is 11.1 Å². The molecule has 0 aliphatic carbocycles. The van der Waals surface area contributed by atoms with E-state index in [-0.39, 0.29) is 0 Å². The number of benzene rings is 2. The molecule has 35 heavy (non-hydrogen) atoms. The molecular formula is C29H34N6. The highest BCUT2D eigenvalue weighted by molar-refractivity contribution is 5.95. The third-order valence-corrected chi connectivity index (χ3v) is 8.18. The van der Waals surface area contributed by atoms with Crippen LogP contribution in [0.4, 0.5) is 5.69 Å². The van der Waals surface area contributed by atoms with Gasteiger partial charge in [-0.05, 0) is 67.3 Å². The molecule has 0 bridgehead atoms. The summed E-state index contributed by atoms with van der Waals surface area (Å²) >= 11 is 0. The van der Waals surface area contributed by atoms with Crippen LogP contribution in [0.1, 0.15) is 35.6 Å². The first-order valence-electron chi connectivity index (χ1n) is 13.0. The summed E-state index contributed by atoms with van der Waals surface area (Å²) in [6.07, 6.45) is 4.11. The number of piperazine rings is 1. The fourth-order valence-electron chi connectivity index (χ4n) is 6.35. The van der Waals surface area contributed by atoms with E-state index in [0.29, 0.717) is 17.6 Å². The van der Waals surface area contributed by atoms with Crippen LogP contribution < -0.4 is 10.2 Å². The monoisotopic (exact) mass is 466 g/mol. The Balaban J connectivity index is 1.18. The van der Waals surface area contributed by atoms with E-state index >= 15 is 0 Å². The fraction of sp³-hybridized carbons (Fsp3) is 0.448. The van der Waals surface area contributed by atoms with Crippen LogP contribution in [0, 0.1) is 11.3 Å². The molecule has 0 saturated carbocycles. The van der Waals surface area contributed by atoms with Gasteiger partial charge in [0.2, 0.25) is 0 Å². The SMILES string of the molecule is CC1CN(c2ccc(C#N)c3ncccc23)CC2CCN(Cc3ccc4c(c3)CNCC4)CCN12. The van der Waals surface area contributed by atoms with Crippen LogP contribution >= 0.6 is 0 Å². The van der Waals surface area contributed by atoms with Gasteiger partial charge in [-0.2, -0.15) is 5.26 Å². The summed E-state index contributed by atoms with van der Waals surface area (Å²) in [4.78, 5) is 12.4. The number of nitrogens with zero attached hydrogens (tertiary/aromatic N) is 5. The molecule has 1 N–H and O–H groups in total. The first-order chi connectivity index (χ1) is 17.2. The first-order valence-corrected chi connectivity index (χ1v) is 13.0. The molecule has 2 atom stereocenters. The second kappa shape index (κ2) is 9.58. The Morgan fingerprint density at radius 3 is 2.94 bits per heavy atom. The number of nitrogens with one attached hydrogen (secondary N) is 1. The normalized spacial score (nSPS) is 23.4. The summed E-state index contributed by atoms with van der Waals surface area (Å²) in [6.45, 7) is 10.9. The highest BCUT2D eigenvalue weighted by Crippen LogP contribution is 2.32. The molecule has 6 nitrogen and oxygen atoms in total. The van der Waals surface area contributed by atoms with Gasteiger partial charge in [0.25, 0.3) is 0 Å². The minimum Gasteiger partial charge on any atom is -0.368 e. The molecule has 3 aromatic rings. The molecule has 2 saturated heterocycles. The summed E-state index contributed by atoms with van der Waals surface area (Å²) in [5.41, 5.74) is 7.12. The van der Waals surface area contributed by atoms with Crippen molar-refractivity contribution in [3.8, 4) is 6.07 Å². The first kappa shape index (κ1) is 22.5. The van der Waals surface area contributed by atoms with Gasteiger partial charge in [-0.1, -0.05) is 18.2 Å². The lowest BCUT2D eigenvalue weighted by Crippen LogP contribution is -2.58. The minimum absolute atomic E-state index is 0.492. The van der Waals surface area contributed by atoms with E-state index in [1.807, 2.05) is 12.1 Å². The maximum Gasteiger partial charge on any atom is 0.101 e. The Kier molecular flexibility index (Phi) is 6.15. The average molecular weight is 467 g/mol. The number of hydrogen-bond acceptors (Lipinski definition) is 6. The molecule has 180 valence electrons. The van der Waals surface area contributed by atoms with Crippen molar-refractivity contribution >= 4 is 16.6 Å². The zero-order valence-corrected chi connectivity index (χ0v) is 20.6. The Bertz CT molecular complexity index is 1260. The van der Waals surface area contributed by atoms with E-state index in [4.69, 9.17) is 0 Å². The van der Waals surface area contributed by atoms with Crippen molar-refractivity contribution in [3.63, 3.8) is 0 Å². The lowest BCUT2D eigenvalue weighted by Gasteiger charge is -2.46. The Labute approximate surface area is 208 Å². The van der Waals surface area contributed by atoms with E-state index < -0.39 is 0 Å². The van der Waals surface area contributed by atoms with Gasteiger partial charge in [-0.15, -0.1) is 0 Å². The van der Waals surface area contributed by atoms with Crippen LogP contribution in [-0.2, 0) is 19.5 Å². The summed E-state index contributed by atoms with van der Waals surface area (Å²) in [6, 6.07) is 18.6. The summed E-state index contributed by atoms with van der Waals surface area (Å²) in [5.74, 6) is 0. The molecule has 3 aliphatic heterocycles. The van der Waals surface area contributed by atoms with E-state index in [0.717, 1.165) is 69.7 Å². The van der Waals surface area contributed by atoms with Gasteiger partial charge in [0.1, 0.15) is 6.07 Å². The molecule has 6 heteroatoms. The lowest BCUT2D eigenvalue weighted by molar-refractivity contribution is 0.127. The number of aromatic nitrogens is 1.